The van der Waals surface area contributed by atoms with Crippen LogP contribution in [-0.2, 0) is 0 Å². The quantitative estimate of drug-likeness (QED) is 0.773. The van der Waals surface area contributed by atoms with Gasteiger partial charge in [0.05, 0.1) is 13.3 Å². The first-order chi connectivity index (χ1) is 7.20. The summed E-state index contributed by atoms with van der Waals surface area (Å²) >= 11 is 0. The van der Waals surface area contributed by atoms with Gasteiger partial charge in [-0.05, 0) is 13.8 Å². The molecular formula is C10H18N4O. The Labute approximate surface area is 90.3 Å². The molecule has 1 heterocycles. The molecule has 0 saturated carbocycles. The highest BCUT2D eigenvalue weighted by molar-refractivity contribution is 5.51. The smallest absolute Gasteiger partial charge is 0.179 e. The highest BCUT2D eigenvalue weighted by atomic mass is 16.5. The lowest BCUT2D eigenvalue weighted by Gasteiger charge is -2.28. The molecule has 0 aliphatic heterocycles. The number of aromatic nitrogens is 2. The van der Waals surface area contributed by atoms with Crippen LogP contribution in [0, 0.1) is 0 Å². The molecule has 5 nitrogen and oxygen atoms in total. The van der Waals surface area contributed by atoms with E-state index in [0.717, 1.165) is 12.4 Å². The molecule has 84 valence electrons. The van der Waals surface area contributed by atoms with E-state index in [2.05, 4.69) is 28.7 Å². The molecule has 0 saturated heterocycles. The van der Waals surface area contributed by atoms with Gasteiger partial charge in [0.1, 0.15) is 6.33 Å². The predicted octanol–water partition coefficient (Wildman–Crippen LogP) is 0.659. The minimum absolute atomic E-state index is 0.331. The molecule has 0 atom stereocenters. The van der Waals surface area contributed by atoms with Gasteiger partial charge in [-0.25, -0.2) is 9.97 Å². The monoisotopic (exact) mass is 210 g/mol. The van der Waals surface area contributed by atoms with Crippen molar-refractivity contribution in [2.24, 2.45) is 5.73 Å². The van der Waals surface area contributed by atoms with Crippen molar-refractivity contribution >= 4 is 5.82 Å². The number of nitrogens with two attached hydrogens (primary N) is 1. The number of nitrogens with zero attached hydrogens (tertiary/aromatic N) is 3. The highest BCUT2D eigenvalue weighted by Gasteiger charge is 2.15. The first-order valence-electron chi connectivity index (χ1n) is 5.01. The van der Waals surface area contributed by atoms with E-state index in [-0.39, 0.29) is 0 Å². The largest absolute Gasteiger partial charge is 0.491 e. The minimum Gasteiger partial charge on any atom is -0.491 e. The minimum atomic E-state index is 0.331. The average Bonchev–Trinajstić information content (AvgIpc) is 2.25. The van der Waals surface area contributed by atoms with Crippen molar-refractivity contribution in [3.63, 3.8) is 0 Å². The molecule has 0 fully saturated rings. The third-order valence-corrected chi connectivity index (χ3v) is 2.14. The zero-order valence-electron chi connectivity index (χ0n) is 9.47. The Hall–Kier alpha value is -1.36. The summed E-state index contributed by atoms with van der Waals surface area (Å²) in [6.07, 6.45) is 3.18. The summed E-state index contributed by atoms with van der Waals surface area (Å²) in [7, 11) is 1.61. The van der Waals surface area contributed by atoms with Gasteiger partial charge in [0.25, 0.3) is 0 Å². The first-order valence-corrected chi connectivity index (χ1v) is 5.01. The van der Waals surface area contributed by atoms with Crippen molar-refractivity contribution in [1.82, 2.24) is 9.97 Å². The molecule has 1 aromatic rings. The fourth-order valence-corrected chi connectivity index (χ4v) is 1.42. The second-order valence-corrected chi connectivity index (χ2v) is 3.49. The molecular weight excluding hydrogens is 192 g/mol. The van der Waals surface area contributed by atoms with E-state index < -0.39 is 0 Å². The zero-order chi connectivity index (χ0) is 11.3. The van der Waals surface area contributed by atoms with Crippen LogP contribution in [0.3, 0.4) is 0 Å². The Morgan fingerprint density at radius 3 is 2.80 bits per heavy atom. The fourth-order valence-electron chi connectivity index (χ4n) is 1.42. The standard InChI is InChI=1S/C10H18N4O/c1-8(2)14(5-4-11)10-9(15-3)6-12-7-13-10/h6-8H,4-5,11H2,1-3H3. The Kier molecular flexibility index (Phi) is 4.30. The summed E-state index contributed by atoms with van der Waals surface area (Å²) in [4.78, 5) is 10.2. The van der Waals surface area contributed by atoms with Crippen LogP contribution in [0.4, 0.5) is 5.82 Å². The van der Waals surface area contributed by atoms with Crippen molar-refractivity contribution in [3.8, 4) is 5.75 Å². The lowest BCUT2D eigenvalue weighted by molar-refractivity contribution is 0.409. The third kappa shape index (κ3) is 2.79. The van der Waals surface area contributed by atoms with Crippen molar-refractivity contribution in [3.05, 3.63) is 12.5 Å². The average molecular weight is 210 g/mol. The zero-order valence-corrected chi connectivity index (χ0v) is 9.47. The van der Waals surface area contributed by atoms with Crippen molar-refractivity contribution in [2.45, 2.75) is 19.9 Å². The van der Waals surface area contributed by atoms with Crippen LogP contribution in [0.25, 0.3) is 0 Å². The van der Waals surface area contributed by atoms with Crippen LogP contribution >= 0.6 is 0 Å². The summed E-state index contributed by atoms with van der Waals surface area (Å²) in [5, 5.41) is 0. The van der Waals surface area contributed by atoms with E-state index in [4.69, 9.17) is 10.5 Å². The van der Waals surface area contributed by atoms with Crippen molar-refractivity contribution < 1.29 is 4.74 Å². The first kappa shape index (κ1) is 11.7. The Bertz CT molecular complexity index is 303. The molecule has 0 unspecified atom stereocenters. The Balaban J connectivity index is 2.98. The van der Waals surface area contributed by atoms with Crippen LogP contribution in [-0.4, -0.2) is 36.2 Å². The van der Waals surface area contributed by atoms with Gasteiger partial charge in [-0.3, -0.25) is 0 Å². The van der Waals surface area contributed by atoms with Gasteiger partial charge in [-0.1, -0.05) is 0 Å². The molecule has 0 amide bonds. The molecule has 0 radical (unpaired) electrons. The molecule has 0 bridgehead atoms. The molecule has 0 aromatic carbocycles. The van der Waals surface area contributed by atoms with Gasteiger partial charge in [0, 0.05) is 19.1 Å². The molecule has 5 heteroatoms. The van der Waals surface area contributed by atoms with E-state index in [1.807, 2.05) is 0 Å². The lowest BCUT2D eigenvalue weighted by atomic mass is 10.3. The Morgan fingerprint density at radius 1 is 1.53 bits per heavy atom. The predicted molar refractivity (Wildman–Crippen MR) is 60.1 cm³/mol. The van der Waals surface area contributed by atoms with E-state index in [1.54, 1.807) is 13.3 Å². The molecule has 0 aliphatic rings. The number of hydrogen-bond acceptors (Lipinski definition) is 5. The second kappa shape index (κ2) is 5.50. The van der Waals surface area contributed by atoms with Crippen molar-refractivity contribution in [1.29, 1.82) is 0 Å². The third-order valence-electron chi connectivity index (χ3n) is 2.14. The van der Waals surface area contributed by atoms with Crippen molar-refractivity contribution in [2.75, 3.05) is 25.1 Å². The van der Waals surface area contributed by atoms with Crippen LogP contribution in [0.15, 0.2) is 12.5 Å². The van der Waals surface area contributed by atoms with Gasteiger partial charge >= 0.3 is 0 Å². The van der Waals surface area contributed by atoms with Gasteiger partial charge in [-0.2, -0.15) is 0 Å². The SMILES string of the molecule is COc1cncnc1N(CCN)C(C)C. The normalized spacial score (nSPS) is 10.5. The maximum atomic E-state index is 5.57. The highest BCUT2D eigenvalue weighted by Crippen LogP contribution is 2.24. The topological polar surface area (TPSA) is 64.3 Å². The van der Waals surface area contributed by atoms with E-state index in [9.17, 15) is 0 Å². The van der Waals surface area contributed by atoms with Gasteiger partial charge in [0.2, 0.25) is 0 Å². The number of methoxy groups -OCH3 is 1. The molecule has 1 rings (SSSR count). The van der Waals surface area contributed by atoms with Gasteiger partial charge in [0.15, 0.2) is 11.6 Å². The second-order valence-electron chi connectivity index (χ2n) is 3.49. The summed E-state index contributed by atoms with van der Waals surface area (Å²) in [5.74, 6) is 1.48. The maximum absolute atomic E-state index is 5.57. The van der Waals surface area contributed by atoms with Crippen LogP contribution in [0.1, 0.15) is 13.8 Å². The summed E-state index contributed by atoms with van der Waals surface area (Å²) in [6, 6.07) is 0.331. The van der Waals surface area contributed by atoms with Crippen LogP contribution in [0.2, 0.25) is 0 Å². The van der Waals surface area contributed by atoms with Crippen LogP contribution in [0.5, 0.6) is 5.75 Å². The maximum Gasteiger partial charge on any atom is 0.179 e. The number of rotatable bonds is 5. The lowest BCUT2D eigenvalue weighted by Crippen LogP contribution is -2.36. The van der Waals surface area contributed by atoms with E-state index in [1.165, 1.54) is 6.33 Å². The van der Waals surface area contributed by atoms with E-state index >= 15 is 0 Å². The van der Waals surface area contributed by atoms with Crippen LogP contribution < -0.4 is 15.4 Å². The number of hydrogen-bond donors (Lipinski definition) is 1. The van der Waals surface area contributed by atoms with E-state index in [0.29, 0.717) is 18.3 Å². The summed E-state index contributed by atoms with van der Waals surface area (Å²) in [5.41, 5.74) is 5.57. The van der Waals surface area contributed by atoms with Gasteiger partial charge < -0.3 is 15.4 Å². The molecule has 0 spiro atoms. The summed E-state index contributed by atoms with van der Waals surface area (Å²) < 4.78 is 5.22. The number of anilines is 1. The number of ether oxygens (including phenoxy) is 1. The molecule has 15 heavy (non-hydrogen) atoms. The molecule has 2 N–H and O–H groups in total. The molecule has 1 aromatic heterocycles. The molecule has 0 aliphatic carbocycles. The Morgan fingerprint density at radius 2 is 2.27 bits per heavy atom. The summed E-state index contributed by atoms with van der Waals surface area (Å²) in [6.45, 7) is 5.53. The fraction of sp³-hybridized carbons (Fsp3) is 0.600. The van der Waals surface area contributed by atoms with Gasteiger partial charge in [-0.15, -0.1) is 0 Å².